The zero-order chi connectivity index (χ0) is 11.5. The summed E-state index contributed by atoms with van der Waals surface area (Å²) in [5.41, 5.74) is 2.16. The molecule has 16 heavy (non-hydrogen) atoms. The molecular formula is C14H13BrO. The molecule has 0 amide bonds. The first-order valence-electron chi connectivity index (χ1n) is 5.22. The van der Waals surface area contributed by atoms with Crippen LogP contribution >= 0.6 is 15.9 Å². The Kier molecular flexibility index (Phi) is 3.30. The molecule has 0 aromatic heterocycles. The molecule has 1 unspecified atom stereocenters. The number of benzene rings is 2. The van der Waals surface area contributed by atoms with Crippen LogP contribution < -0.4 is 0 Å². The van der Waals surface area contributed by atoms with Gasteiger partial charge < -0.3 is 5.11 Å². The summed E-state index contributed by atoms with van der Waals surface area (Å²) in [6.45, 7) is 2.10. The van der Waals surface area contributed by atoms with Crippen LogP contribution in [0.4, 0.5) is 0 Å². The Balaban J connectivity index is 2.35. The maximum Gasteiger partial charge on any atom is 0.119 e. The summed E-state index contributed by atoms with van der Waals surface area (Å²) in [5, 5.41) is 9.79. The number of hydrogen-bond acceptors (Lipinski definition) is 1. The van der Waals surface area contributed by atoms with Gasteiger partial charge in [0.15, 0.2) is 0 Å². The normalized spacial score (nSPS) is 12.4. The predicted octanol–water partition coefficient (Wildman–Crippen LogP) is 4.31. The second-order valence-electron chi connectivity index (χ2n) is 3.83. The van der Waals surface area contributed by atoms with Crippen LogP contribution in [0.1, 0.15) is 24.0 Å². The molecule has 0 aliphatic rings. The van der Waals surface area contributed by atoms with E-state index in [1.165, 1.54) is 5.56 Å². The first-order chi connectivity index (χ1) is 7.68. The minimum absolute atomic E-state index is 0.203. The summed E-state index contributed by atoms with van der Waals surface area (Å²) in [4.78, 5) is 0. The highest BCUT2D eigenvalue weighted by molar-refractivity contribution is 9.10. The topological polar surface area (TPSA) is 20.2 Å². The van der Waals surface area contributed by atoms with Crippen LogP contribution in [0.5, 0.6) is 5.75 Å². The van der Waals surface area contributed by atoms with Gasteiger partial charge in [-0.05, 0) is 23.8 Å². The van der Waals surface area contributed by atoms with E-state index in [-0.39, 0.29) is 5.92 Å². The number of rotatable bonds is 2. The highest BCUT2D eigenvalue weighted by Crippen LogP contribution is 2.30. The molecule has 0 fully saturated rings. The van der Waals surface area contributed by atoms with Crippen molar-refractivity contribution in [1.29, 1.82) is 0 Å². The molecule has 82 valence electrons. The van der Waals surface area contributed by atoms with E-state index in [9.17, 15) is 5.11 Å². The first-order valence-corrected chi connectivity index (χ1v) is 6.01. The average Bonchev–Trinajstić information content (AvgIpc) is 2.30. The largest absolute Gasteiger partial charge is 0.508 e. The van der Waals surface area contributed by atoms with Crippen molar-refractivity contribution < 1.29 is 5.11 Å². The molecule has 2 rings (SSSR count). The van der Waals surface area contributed by atoms with Gasteiger partial charge in [0.25, 0.3) is 0 Å². The van der Waals surface area contributed by atoms with Crippen molar-refractivity contribution in [2.45, 2.75) is 12.8 Å². The van der Waals surface area contributed by atoms with Crippen molar-refractivity contribution in [3.8, 4) is 5.75 Å². The van der Waals surface area contributed by atoms with Crippen molar-refractivity contribution in [3.05, 3.63) is 64.1 Å². The summed E-state index contributed by atoms with van der Waals surface area (Å²) >= 11 is 3.42. The molecule has 0 bridgehead atoms. The quantitative estimate of drug-likeness (QED) is 0.867. The van der Waals surface area contributed by atoms with E-state index in [2.05, 4.69) is 35.0 Å². The number of phenols is 1. The van der Waals surface area contributed by atoms with Gasteiger partial charge in [-0.25, -0.2) is 0 Å². The number of aromatic hydroxyl groups is 1. The van der Waals surface area contributed by atoms with E-state index in [1.54, 1.807) is 6.07 Å². The van der Waals surface area contributed by atoms with Crippen molar-refractivity contribution in [2.75, 3.05) is 0 Å². The molecule has 0 saturated carbocycles. The van der Waals surface area contributed by atoms with Crippen molar-refractivity contribution in [3.63, 3.8) is 0 Å². The van der Waals surface area contributed by atoms with Gasteiger partial charge in [0.2, 0.25) is 0 Å². The summed E-state index contributed by atoms with van der Waals surface area (Å²) in [7, 11) is 0. The minimum Gasteiger partial charge on any atom is -0.508 e. The van der Waals surface area contributed by atoms with Gasteiger partial charge in [0.05, 0.1) is 0 Å². The zero-order valence-electron chi connectivity index (χ0n) is 9.02. The molecule has 0 saturated heterocycles. The second-order valence-corrected chi connectivity index (χ2v) is 4.75. The molecule has 2 aromatic rings. The van der Waals surface area contributed by atoms with E-state index in [0.717, 1.165) is 10.0 Å². The van der Waals surface area contributed by atoms with Gasteiger partial charge in [0.1, 0.15) is 5.75 Å². The van der Waals surface area contributed by atoms with Gasteiger partial charge in [-0.1, -0.05) is 53.2 Å². The highest BCUT2D eigenvalue weighted by Gasteiger charge is 2.11. The van der Waals surface area contributed by atoms with Gasteiger partial charge in [0, 0.05) is 16.0 Å². The van der Waals surface area contributed by atoms with Crippen LogP contribution in [0.2, 0.25) is 0 Å². The predicted molar refractivity (Wildman–Crippen MR) is 69.8 cm³/mol. The number of hydrogen-bond donors (Lipinski definition) is 1. The van der Waals surface area contributed by atoms with Gasteiger partial charge in [-0.15, -0.1) is 0 Å². The lowest BCUT2D eigenvalue weighted by molar-refractivity contribution is 0.466. The van der Waals surface area contributed by atoms with Crippen LogP contribution in [0, 0.1) is 0 Å². The molecule has 0 spiro atoms. The fourth-order valence-corrected chi connectivity index (χ4v) is 2.05. The van der Waals surface area contributed by atoms with Gasteiger partial charge in [-0.2, -0.15) is 0 Å². The van der Waals surface area contributed by atoms with Crippen LogP contribution in [-0.4, -0.2) is 5.11 Å². The Labute approximate surface area is 104 Å². The molecule has 0 heterocycles. The molecule has 0 radical (unpaired) electrons. The third-order valence-corrected chi connectivity index (χ3v) is 3.30. The standard InChI is InChI=1S/C14H13BrO/c1-10(11-6-8-12(15)9-7-11)13-4-2-3-5-14(13)16/h2-10,16H,1H3. The average molecular weight is 277 g/mol. The van der Waals surface area contributed by atoms with Crippen LogP contribution in [-0.2, 0) is 0 Å². The van der Waals surface area contributed by atoms with E-state index >= 15 is 0 Å². The Hall–Kier alpha value is -1.28. The third kappa shape index (κ3) is 2.27. The molecule has 2 heteroatoms. The Morgan fingerprint density at radius 3 is 2.25 bits per heavy atom. The molecule has 1 atom stereocenters. The molecule has 0 aliphatic carbocycles. The maximum atomic E-state index is 9.79. The van der Waals surface area contributed by atoms with Crippen LogP contribution in [0.25, 0.3) is 0 Å². The number of phenolic OH excluding ortho intramolecular Hbond substituents is 1. The zero-order valence-corrected chi connectivity index (χ0v) is 10.6. The third-order valence-electron chi connectivity index (χ3n) is 2.77. The van der Waals surface area contributed by atoms with Crippen molar-refractivity contribution >= 4 is 15.9 Å². The second kappa shape index (κ2) is 4.71. The molecular weight excluding hydrogens is 264 g/mol. The summed E-state index contributed by atoms with van der Waals surface area (Å²) in [6.07, 6.45) is 0. The van der Waals surface area contributed by atoms with Crippen molar-refractivity contribution in [1.82, 2.24) is 0 Å². The fourth-order valence-electron chi connectivity index (χ4n) is 1.78. The molecule has 0 aliphatic heterocycles. The first kappa shape index (κ1) is 11.2. The smallest absolute Gasteiger partial charge is 0.119 e. The lowest BCUT2D eigenvalue weighted by atomic mass is 9.93. The summed E-state index contributed by atoms with van der Waals surface area (Å²) in [6, 6.07) is 15.7. The monoisotopic (exact) mass is 276 g/mol. The minimum atomic E-state index is 0.203. The molecule has 1 nitrogen and oxygen atoms in total. The number of para-hydroxylation sites is 1. The van der Waals surface area contributed by atoms with Crippen molar-refractivity contribution in [2.24, 2.45) is 0 Å². The SMILES string of the molecule is CC(c1ccc(Br)cc1)c1ccccc1O. The van der Waals surface area contributed by atoms with Crippen LogP contribution in [0.3, 0.4) is 0 Å². The maximum absolute atomic E-state index is 9.79. The lowest BCUT2D eigenvalue weighted by Gasteiger charge is -2.13. The molecule has 2 aromatic carbocycles. The van der Waals surface area contributed by atoms with E-state index in [1.807, 2.05) is 30.3 Å². The fraction of sp³-hybridized carbons (Fsp3) is 0.143. The Bertz CT molecular complexity index is 476. The summed E-state index contributed by atoms with van der Waals surface area (Å²) < 4.78 is 1.07. The van der Waals surface area contributed by atoms with Gasteiger partial charge in [-0.3, -0.25) is 0 Å². The van der Waals surface area contributed by atoms with E-state index < -0.39 is 0 Å². The highest BCUT2D eigenvalue weighted by atomic mass is 79.9. The van der Waals surface area contributed by atoms with E-state index in [4.69, 9.17) is 0 Å². The van der Waals surface area contributed by atoms with Crippen LogP contribution in [0.15, 0.2) is 53.0 Å². The number of halogens is 1. The Morgan fingerprint density at radius 2 is 1.62 bits per heavy atom. The van der Waals surface area contributed by atoms with Gasteiger partial charge >= 0.3 is 0 Å². The van der Waals surface area contributed by atoms with E-state index in [0.29, 0.717) is 5.75 Å². The Morgan fingerprint density at radius 1 is 1.00 bits per heavy atom. The lowest BCUT2D eigenvalue weighted by Crippen LogP contribution is -1.95. The molecule has 1 N–H and O–H groups in total. The summed E-state index contributed by atoms with van der Waals surface area (Å²) in [5.74, 6) is 0.562.